The monoisotopic (exact) mass is 354 g/mol. The zero-order valence-electron chi connectivity index (χ0n) is 11.9. The molecule has 0 unspecified atom stereocenters. The van der Waals surface area contributed by atoms with Gasteiger partial charge in [-0.1, -0.05) is 22.0 Å². The summed E-state index contributed by atoms with van der Waals surface area (Å²) in [5, 5.41) is 5.40. The fourth-order valence-electron chi connectivity index (χ4n) is 1.49. The molecule has 0 saturated heterocycles. The Hall–Kier alpha value is -1.66. The molecular formula is C15H19BrN2O3. The van der Waals surface area contributed by atoms with Crippen LogP contribution in [0.2, 0.25) is 0 Å². The van der Waals surface area contributed by atoms with Crippen molar-refractivity contribution in [3.63, 3.8) is 0 Å². The molecule has 0 heterocycles. The smallest absolute Gasteiger partial charge is 0.248 e. The molecule has 21 heavy (non-hydrogen) atoms. The zero-order valence-corrected chi connectivity index (χ0v) is 13.5. The summed E-state index contributed by atoms with van der Waals surface area (Å²) in [4.78, 5) is 23.3. The van der Waals surface area contributed by atoms with Crippen LogP contribution in [0.5, 0.6) is 0 Å². The Balaban J connectivity index is 2.25. The van der Waals surface area contributed by atoms with E-state index < -0.39 is 6.10 Å². The number of hydrogen-bond acceptors (Lipinski definition) is 3. The third-order valence-corrected chi connectivity index (χ3v) is 3.14. The van der Waals surface area contributed by atoms with Gasteiger partial charge in [0.15, 0.2) is 0 Å². The Bertz CT molecular complexity index is 488. The SMILES string of the molecule is C=CCO[C@H](C)C(=O)NCCC(=O)Nc1ccc(Br)cc1. The van der Waals surface area contributed by atoms with Crippen molar-refractivity contribution in [1.82, 2.24) is 5.32 Å². The Morgan fingerprint density at radius 1 is 1.38 bits per heavy atom. The Kier molecular flexibility index (Phi) is 7.71. The highest BCUT2D eigenvalue weighted by Gasteiger charge is 2.12. The number of amides is 2. The first kappa shape index (κ1) is 17.4. The fraction of sp³-hybridized carbons (Fsp3) is 0.333. The minimum atomic E-state index is -0.558. The molecule has 0 aliphatic carbocycles. The summed E-state index contributed by atoms with van der Waals surface area (Å²) in [6.07, 6.45) is 1.23. The van der Waals surface area contributed by atoms with Crippen molar-refractivity contribution >= 4 is 33.4 Å². The van der Waals surface area contributed by atoms with Gasteiger partial charge in [-0.05, 0) is 31.2 Å². The van der Waals surface area contributed by atoms with Crippen LogP contribution < -0.4 is 10.6 Å². The third kappa shape index (κ3) is 7.06. The zero-order chi connectivity index (χ0) is 15.7. The maximum Gasteiger partial charge on any atom is 0.248 e. The minimum Gasteiger partial charge on any atom is -0.365 e. The average molecular weight is 355 g/mol. The van der Waals surface area contributed by atoms with E-state index in [0.29, 0.717) is 6.61 Å². The molecule has 1 aromatic rings. The van der Waals surface area contributed by atoms with Crippen LogP contribution in [-0.2, 0) is 14.3 Å². The highest BCUT2D eigenvalue weighted by atomic mass is 79.9. The molecule has 114 valence electrons. The summed E-state index contributed by atoms with van der Waals surface area (Å²) in [5.74, 6) is -0.398. The third-order valence-electron chi connectivity index (χ3n) is 2.61. The summed E-state index contributed by atoms with van der Waals surface area (Å²) in [7, 11) is 0. The van der Waals surface area contributed by atoms with Gasteiger partial charge in [-0.15, -0.1) is 6.58 Å². The highest BCUT2D eigenvalue weighted by Crippen LogP contribution is 2.14. The molecule has 1 atom stereocenters. The molecule has 1 rings (SSSR count). The van der Waals surface area contributed by atoms with Crippen molar-refractivity contribution in [2.75, 3.05) is 18.5 Å². The van der Waals surface area contributed by atoms with Gasteiger partial charge < -0.3 is 15.4 Å². The number of rotatable bonds is 8. The van der Waals surface area contributed by atoms with Crippen LogP contribution in [0.25, 0.3) is 0 Å². The Morgan fingerprint density at radius 3 is 2.67 bits per heavy atom. The van der Waals surface area contributed by atoms with Gasteiger partial charge in [-0.3, -0.25) is 9.59 Å². The molecular weight excluding hydrogens is 336 g/mol. The largest absolute Gasteiger partial charge is 0.365 e. The summed E-state index contributed by atoms with van der Waals surface area (Å²) in [6.45, 7) is 5.75. The van der Waals surface area contributed by atoms with Crippen molar-refractivity contribution < 1.29 is 14.3 Å². The molecule has 6 heteroatoms. The number of carbonyl (C=O) groups excluding carboxylic acids is 2. The van der Waals surface area contributed by atoms with Gasteiger partial charge in [-0.25, -0.2) is 0 Å². The first-order valence-electron chi connectivity index (χ1n) is 6.58. The molecule has 0 aromatic heterocycles. The summed E-state index contributed by atoms with van der Waals surface area (Å²) < 4.78 is 6.13. The van der Waals surface area contributed by atoms with E-state index in [1.807, 2.05) is 12.1 Å². The molecule has 0 bridgehead atoms. The molecule has 0 spiro atoms. The van der Waals surface area contributed by atoms with Gasteiger partial charge in [-0.2, -0.15) is 0 Å². The second-order valence-electron chi connectivity index (χ2n) is 4.36. The Morgan fingerprint density at radius 2 is 2.05 bits per heavy atom. The number of ether oxygens (including phenoxy) is 1. The van der Waals surface area contributed by atoms with Crippen LogP contribution in [-0.4, -0.2) is 31.1 Å². The molecule has 0 aliphatic heterocycles. The van der Waals surface area contributed by atoms with Crippen molar-refractivity contribution in [1.29, 1.82) is 0 Å². The second-order valence-corrected chi connectivity index (χ2v) is 5.28. The van der Waals surface area contributed by atoms with E-state index in [1.165, 1.54) is 0 Å². The van der Waals surface area contributed by atoms with E-state index in [-0.39, 0.29) is 24.8 Å². The molecule has 0 fully saturated rings. The number of benzene rings is 1. The summed E-state index contributed by atoms with van der Waals surface area (Å²) >= 11 is 3.32. The Labute approximate surface area is 132 Å². The number of anilines is 1. The minimum absolute atomic E-state index is 0.155. The predicted molar refractivity (Wildman–Crippen MR) is 86.0 cm³/mol. The topological polar surface area (TPSA) is 67.4 Å². The van der Waals surface area contributed by atoms with Gasteiger partial charge in [0.1, 0.15) is 6.10 Å². The lowest BCUT2D eigenvalue weighted by Crippen LogP contribution is -2.36. The standard InChI is InChI=1S/C15H19BrN2O3/c1-3-10-21-11(2)15(20)17-9-8-14(19)18-13-6-4-12(16)5-7-13/h3-7,11H,1,8-10H2,2H3,(H,17,20)(H,18,19)/t11-/m1/s1. The van der Waals surface area contributed by atoms with Gasteiger partial charge in [0.05, 0.1) is 6.61 Å². The maximum absolute atomic E-state index is 11.7. The molecule has 2 amide bonds. The van der Waals surface area contributed by atoms with E-state index in [4.69, 9.17) is 4.74 Å². The highest BCUT2D eigenvalue weighted by molar-refractivity contribution is 9.10. The summed E-state index contributed by atoms with van der Waals surface area (Å²) in [6, 6.07) is 7.28. The number of hydrogen-bond donors (Lipinski definition) is 2. The average Bonchev–Trinajstić information content (AvgIpc) is 2.47. The predicted octanol–water partition coefficient (Wildman–Crippen LogP) is 2.49. The van der Waals surface area contributed by atoms with E-state index in [9.17, 15) is 9.59 Å². The van der Waals surface area contributed by atoms with Crippen molar-refractivity contribution in [3.05, 3.63) is 41.4 Å². The molecule has 0 aliphatic rings. The van der Waals surface area contributed by atoms with Gasteiger partial charge in [0, 0.05) is 23.1 Å². The lowest BCUT2D eigenvalue weighted by Gasteiger charge is -2.12. The van der Waals surface area contributed by atoms with Crippen molar-refractivity contribution in [2.45, 2.75) is 19.4 Å². The summed E-state index contributed by atoms with van der Waals surface area (Å²) in [5.41, 5.74) is 0.720. The van der Waals surface area contributed by atoms with Crippen LogP contribution in [0.15, 0.2) is 41.4 Å². The molecule has 0 saturated carbocycles. The molecule has 0 radical (unpaired) electrons. The van der Waals surface area contributed by atoms with Crippen LogP contribution >= 0.6 is 15.9 Å². The van der Waals surface area contributed by atoms with Crippen LogP contribution in [0, 0.1) is 0 Å². The second kappa shape index (κ2) is 9.31. The maximum atomic E-state index is 11.7. The normalized spacial score (nSPS) is 11.5. The van der Waals surface area contributed by atoms with Crippen LogP contribution in [0.3, 0.4) is 0 Å². The van der Waals surface area contributed by atoms with E-state index >= 15 is 0 Å². The van der Waals surface area contributed by atoms with E-state index in [1.54, 1.807) is 25.1 Å². The van der Waals surface area contributed by atoms with Gasteiger partial charge in [0.2, 0.25) is 11.8 Å². The van der Waals surface area contributed by atoms with Crippen LogP contribution in [0.4, 0.5) is 5.69 Å². The number of halogens is 1. The molecule has 2 N–H and O–H groups in total. The number of carbonyl (C=O) groups is 2. The van der Waals surface area contributed by atoms with Crippen LogP contribution in [0.1, 0.15) is 13.3 Å². The molecule has 1 aromatic carbocycles. The van der Waals surface area contributed by atoms with Crippen molar-refractivity contribution in [2.24, 2.45) is 0 Å². The lowest BCUT2D eigenvalue weighted by molar-refractivity contribution is -0.131. The molecule has 5 nitrogen and oxygen atoms in total. The quantitative estimate of drug-likeness (QED) is 0.704. The fourth-order valence-corrected chi connectivity index (χ4v) is 1.75. The van der Waals surface area contributed by atoms with Gasteiger partial charge >= 0.3 is 0 Å². The first-order chi connectivity index (χ1) is 10.0. The lowest BCUT2D eigenvalue weighted by atomic mass is 10.3. The first-order valence-corrected chi connectivity index (χ1v) is 7.38. The van der Waals surface area contributed by atoms with E-state index in [2.05, 4.69) is 33.1 Å². The van der Waals surface area contributed by atoms with E-state index in [0.717, 1.165) is 10.2 Å². The number of nitrogens with one attached hydrogen (secondary N) is 2. The van der Waals surface area contributed by atoms with Crippen molar-refractivity contribution in [3.8, 4) is 0 Å². The van der Waals surface area contributed by atoms with Gasteiger partial charge in [0.25, 0.3) is 0 Å².